The van der Waals surface area contributed by atoms with Crippen LogP contribution in [0.25, 0.3) is 0 Å². The second-order valence-corrected chi connectivity index (χ2v) is 5.55. The zero-order chi connectivity index (χ0) is 13.9. The molecule has 2 amide bonds. The lowest BCUT2D eigenvalue weighted by Gasteiger charge is -2.40. The highest BCUT2D eigenvalue weighted by Gasteiger charge is 2.40. The lowest BCUT2D eigenvalue weighted by Crippen LogP contribution is -2.64. The smallest absolute Gasteiger partial charge is 0.246 e. The molecule has 1 fully saturated rings. The van der Waals surface area contributed by atoms with Gasteiger partial charge in [0.2, 0.25) is 11.8 Å². The Balaban J connectivity index is 2.85. The SMILES string of the molecule is CCC(C)CN1C(=O)C(C(C)CC)NC(=O)C1C. The lowest BCUT2D eigenvalue weighted by molar-refractivity contribution is -0.150. The summed E-state index contributed by atoms with van der Waals surface area (Å²) in [5, 5.41) is 2.86. The van der Waals surface area contributed by atoms with Crippen LogP contribution >= 0.6 is 0 Å². The number of amides is 2. The average molecular weight is 254 g/mol. The fourth-order valence-electron chi connectivity index (χ4n) is 2.18. The summed E-state index contributed by atoms with van der Waals surface area (Å²) in [7, 11) is 0. The molecule has 1 heterocycles. The van der Waals surface area contributed by atoms with Gasteiger partial charge in [-0.15, -0.1) is 0 Å². The molecule has 0 spiro atoms. The van der Waals surface area contributed by atoms with Gasteiger partial charge in [-0.3, -0.25) is 9.59 Å². The highest BCUT2D eigenvalue weighted by molar-refractivity contribution is 5.96. The summed E-state index contributed by atoms with van der Waals surface area (Å²) in [5.41, 5.74) is 0. The maximum atomic E-state index is 12.4. The van der Waals surface area contributed by atoms with Crippen LogP contribution in [0.4, 0.5) is 0 Å². The molecule has 0 bridgehead atoms. The van der Waals surface area contributed by atoms with Gasteiger partial charge in [0.1, 0.15) is 12.1 Å². The molecule has 1 rings (SSSR count). The number of nitrogens with one attached hydrogen (secondary N) is 1. The van der Waals surface area contributed by atoms with Gasteiger partial charge in [-0.05, 0) is 18.8 Å². The predicted molar refractivity (Wildman–Crippen MR) is 72.0 cm³/mol. The normalized spacial score (nSPS) is 27.9. The van der Waals surface area contributed by atoms with Crippen molar-refractivity contribution in [2.24, 2.45) is 11.8 Å². The van der Waals surface area contributed by atoms with Gasteiger partial charge in [-0.1, -0.05) is 40.5 Å². The fraction of sp³-hybridized carbons (Fsp3) is 0.857. The van der Waals surface area contributed by atoms with Crippen molar-refractivity contribution in [1.82, 2.24) is 10.2 Å². The van der Waals surface area contributed by atoms with Crippen LogP contribution in [0.5, 0.6) is 0 Å². The van der Waals surface area contributed by atoms with Gasteiger partial charge in [0.05, 0.1) is 0 Å². The van der Waals surface area contributed by atoms with Crippen molar-refractivity contribution < 1.29 is 9.59 Å². The van der Waals surface area contributed by atoms with Crippen LogP contribution in [0.2, 0.25) is 0 Å². The first kappa shape index (κ1) is 15.0. The van der Waals surface area contributed by atoms with Gasteiger partial charge in [0.25, 0.3) is 0 Å². The Kier molecular flexibility index (Phi) is 5.17. The fourth-order valence-corrected chi connectivity index (χ4v) is 2.18. The first-order valence-corrected chi connectivity index (χ1v) is 7.03. The van der Waals surface area contributed by atoms with E-state index in [0.717, 1.165) is 12.8 Å². The third kappa shape index (κ3) is 3.03. The molecule has 1 saturated heterocycles. The molecule has 4 unspecified atom stereocenters. The molecule has 4 heteroatoms. The molecule has 0 saturated carbocycles. The van der Waals surface area contributed by atoms with E-state index >= 15 is 0 Å². The van der Waals surface area contributed by atoms with Crippen molar-refractivity contribution in [3.8, 4) is 0 Å². The van der Waals surface area contributed by atoms with E-state index in [1.54, 1.807) is 4.90 Å². The number of carbonyl (C=O) groups is 2. The van der Waals surface area contributed by atoms with Crippen LogP contribution < -0.4 is 5.32 Å². The van der Waals surface area contributed by atoms with Crippen molar-refractivity contribution >= 4 is 11.8 Å². The Morgan fingerprint density at radius 1 is 1.22 bits per heavy atom. The third-order valence-corrected chi connectivity index (χ3v) is 4.11. The first-order valence-electron chi connectivity index (χ1n) is 7.03. The van der Waals surface area contributed by atoms with Crippen LogP contribution in [0, 0.1) is 11.8 Å². The van der Waals surface area contributed by atoms with Crippen LogP contribution in [-0.2, 0) is 9.59 Å². The summed E-state index contributed by atoms with van der Waals surface area (Å²) in [6, 6.07) is -0.686. The molecule has 104 valence electrons. The zero-order valence-electron chi connectivity index (χ0n) is 12.2. The van der Waals surface area contributed by atoms with Crippen molar-refractivity contribution in [3.05, 3.63) is 0 Å². The van der Waals surface area contributed by atoms with Gasteiger partial charge in [0.15, 0.2) is 0 Å². The predicted octanol–water partition coefficient (Wildman–Crippen LogP) is 1.79. The summed E-state index contributed by atoms with van der Waals surface area (Å²) in [6.45, 7) is 10.8. The van der Waals surface area contributed by atoms with E-state index in [9.17, 15) is 9.59 Å². The molecule has 1 aliphatic rings. The van der Waals surface area contributed by atoms with Crippen LogP contribution in [-0.4, -0.2) is 35.3 Å². The van der Waals surface area contributed by atoms with Crippen molar-refractivity contribution in [2.45, 2.75) is 59.5 Å². The number of piperazine rings is 1. The quantitative estimate of drug-likeness (QED) is 0.813. The topological polar surface area (TPSA) is 49.4 Å². The van der Waals surface area contributed by atoms with E-state index in [0.29, 0.717) is 12.5 Å². The van der Waals surface area contributed by atoms with Gasteiger partial charge in [-0.25, -0.2) is 0 Å². The average Bonchev–Trinajstić information content (AvgIpc) is 2.37. The van der Waals surface area contributed by atoms with Crippen LogP contribution in [0.1, 0.15) is 47.5 Å². The Hall–Kier alpha value is -1.06. The minimum absolute atomic E-state index is 0.0248. The standard InChI is InChI=1S/C14H26N2O2/c1-6-9(3)8-16-11(5)13(17)15-12(14(16)18)10(4)7-2/h9-12H,6-8H2,1-5H3,(H,15,17). The first-order chi connectivity index (χ1) is 8.42. The summed E-state index contributed by atoms with van der Waals surface area (Å²) in [5.74, 6) is 0.674. The Labute approximate surface area is 110 Å². The highest BCUT2D eigenvalue weighted by Crippen LogP contribution is 2.19. The van der Waals surface area contributed by atoms with Gasteiger partial charge in [0, 0.05) is 6.54 Å². The van der Waals surface area contributed by atoms with Gasteiger partial charge in [-0.2, -0.15) is 0 Å². The van der Waals surface area contributed by atoms with Crippen molar-refractivity contribution in [1.29, 1.82) is 0 Å². The van der Waals surface area contributed by atoms with Crippen LogP contribution in [0.3, 0.4) is 0 Å². The maximum Gasteiger partial charge on any atom is 0.246 e. The van der Waals surface area contributed by atoms with Crippen molar-refractivity contribution in [2.75, 3.05) is 6.54 Å². The Bertz CT molecular complexity index is 317. The molecule has 0 aliphatic carbocycles. The molecule has 0 aromatic carbocycles. The molecule has 1 N–H and O–H groups in total. The molecule has 4 nitrogen and oxygen atoms in total. The second-order valence-electron chi connectivity index (χ2n) is 5.55. The number of nitrogens with zero attached hydrogens (tertiary/aromatic N) is 1. The second kappa shape index (κ2) is 6.21. The van der Waals surface area contributed by atoms with E-state index in [2.05, 4.69) is 19.2 Å². The Morgan fingerprint density at radius 3 is 2.33 bits per heavy atom. The Morgan fingerprint density at radius 2 is 1.83 bits per heavy atom. The minimum Gasteiger partial charge on any atom is -0.342 e. The minimum atomic E-state index is -0.345. The number of carbonyl (C=O) groups excluding carboxylic acids is 2. The number of hydrogen-bond donors (Lipinski definition) is 1. The van der Waals surface area contributed by atoms with Gasteiger partial charge < -0.3 is 10.2 Å². The molecule has 0 aromatic heterocycles. The summed E-state index contributed by atoms with van der Waals surface area (Å²) in [6.07, 6.45) is 1.91. The number of hydrogen-bond acceptors (Lipinski definition) is 2. The molecule has 0 radical (unpaired) electrons. The summed E-state index contributed by atoms with van der Waals surface area (Å²) >= 11 is 0. The van der Waals surface area contributed by atoms with Crippen molar-refractivity contribution in [3.63, 3.8) is 0 Å². The zero-order valence-corrected chi connectivity index (χ0v) is 12.2. The molecule has 4 atom stereocenters. The lowest BCUT2D eigenvalue weighted by atomic mass is 9.93. The molecular weight excluding hydrogens is 228 g/mol. The van der Waals surface area contributed by atoms with Gasteiger partial charge >= 0.3 is 0 Å². The van der Waals surface area contributed by atoms with E-state index in [-0.39, 0.29) is 29.8 Å². The monoisotopic (exact) mass is 254 g/mol. The summed E-state index contributed by atoms with van der Waals surface area (Å²) in [4.78, 5) is 26.1. The largest absolute Gasteiger partial charge is 0.342 e. The third-order valence-electron chi connectivity index (χ3n) is 4.11. The molecule has 0 aromatic rings. The van der Waals surface area contributed by atoms with E-state index in [1.165, 1.54) is 0 Å². The van der Waals surface area contributed by atoms with E-state index in [1.807, 2.05) is 20.8 Å². The van der Waals surface area contributed by atoms with Crippen LogP contribution in [0.15, 0.2) is 0 Å². The van der Waals surface area contributed by atoms with E-state index in [4.69, 9.17) is 0 Å². The molecular formula is C14H26N2O2. The van der Waals surface area contributed by atoms with E-state index < -0.39 is 0 Å². The highest BCUT2D eigenvalue weighted by atomic mass is 16.2. The summed E-state index contributed by atoms with van der Waals surface area (Å²) < 4.78 is 0. The molecule has 1 aliphatic heterocycles. The maximum absolute atomic E-state index is 12.4. The molecule has 18 heavy (non-hydrogen) atoms. The number of rotatable bonds is 5.